The highest BCUT2D eigenvalue weighted by atomic mass is 32.2. The molecule has 5 heteroatoms. The average Bonchev–Trinajstić information content (AvgIpc) is 2.24. The molecule has 0 atom stereocenters. The average molecular weight is 218 g/mol. The fourth-order valence-electron chi connectivity index (χ4n) is 1.87. The molecule has 0 spiro atoms. The SMILES string of the molecule is CC(C)C1(C(C)C)NN(C)C(N)(N)S1. The molecule has 1 saturated heterocycles. The van der Waals surface area contributed by atoms with Crippen LogP contribution in [0.1, 0.15) is 27.7 Å². The highest BCUT2D eigenvalue weighted by Crippen LogP contribution is 2.46. The molecule has 84 valence electrons. The van der Waals surface area contributed by atoms with Gasteiger partial charge in [0.1, 0.15) is 0 Å². The minimum atomic E-state index is -0.811. The number of thioether (sulfide) groups is 1. The summed E-state index contributed by atoms with van der Waals surface area (Å²) in [5.74, 6) is 0.952. The van der Waals surface area contributed by atoms with Gasteiger partial charge in [-0.2, -0.15) is 0 Å². The summed E-state index contributed by atoms with van der Waals surface area (Å²) in [4.78, 5) is -0.0573. The highest BCUT2D eigenvalue weighted by Gasteiger charge is 2.52. The van der Waals surface area contributed by atoms with Gasteiger partial charge in [-0.1, -0.05) is 39.5 Å². The van der Waals surface area contributed by atoms with Crippen molar-refractivity contribution in [2.24, 2.45) is 23.3 Å². The second kappa shape index (κ2) is 3.64. The lowest BCUT2D eigenvalue weighted by molar-refractivity contribution is 0.104. The Morgan fingerprint density at radius 1 is 1.14 bits per heavy atom. The van der Waals surface area contributed by atoms with Crippen molar-refractivity contribution in [2.75, 3.05) is 7.05 Å². The van der Waals surface area contributed by atoms with Crippen molar-refractivity contribution in [3.8, 4) is 0 Å². The Balaban J connectivity index is 2.95. The Morgan fingerprint density at radius 2 is 1.57 bits per heavy atom. The van der Waals surface area contributed by atoms with Crippen LogP contribution in [0.15, 0.2) is 0 Å². The molecular weight excluding hydrogens is 196 g/mol. The van der Waals surface area contributed by atoms with Gasteiger partial charge in [0.25, 0.3) is 0 Å². The Hall–Kier alpha value is 0.190. The van der Waals surface area contributed by atoms with Gasteiger partial charge in [-0.05, 0) is 11.8 Å². The lowest BCUT2D eigenvalue weighted by Crippen LogP contribution is -2.59. The highest BCUT2D eigenvalue weighted by molar-refractivity contribution is 8.02. The van der Waals surface area contributed by atoms with Crippen LogP contribution in [0.3, 0.4) is 0 Å². The van der Waals surface area contributed by atoms with Crippen LogP contribution >= 0.6 is 11.8 Å². The third-order valence-corrected chi connectivity index (χ3v) is 4.89. The first-order chi connectivity index (χ1) is 6.22. The molecule has 0 saturated carbocycles. The molecule has 0 unspecified atom stereocenters. The zero-order chi connectivity index (χ0) is 11.1. The Labute approximate surface area is 90.7 Å². The van der Waals surface area contributed by atoms with Crippen molar-refractivity contribution in [3.63, 3.8) is 0 Å². The van der Waals surface area contributed by atoms with Gasteiger partial charge in [0, 0.05) is 7.05 Å². The first-order valence-electron chi connectivity index (χ1n) is 5.02. The van der Waals surface area contributed by atoms with Crippen LogP contribution in [0.25, 0.3) is 0 Å². The molecule has 4 nitrogen and oxygen atoms in total. The number of nitrogens with one attached hydrogen (secondary N) is 1. The van der Waals surface area contributed by atoms with E-state index < -0.39 is 5.12 Å². The Bertz CT molecular complexity index is 207. The van der Waals surface area contributed by atoms with Gasteiger partial charge in [-0.25, -0.2) is 10.4 Å². The van der Waals surface area contributed by atoms with Crippen LogP contribution in [-0.4, -0.2) is 22.0 Å². The van der Waals surface area contributed by atoms with E-state index >= 15 is 0 Å². The quantitative estimate of drug-likeness (QED) is 0.596. The van der Waals surface area contributed by atoms with Gasteiger partial charge < -0.3 is 0 Å². The van der Waals surface area contributed by atoms with E-state index in [1.165, 1.54) is 0 Å². The summed E-state index contributed by atoms with van der Waals surface area (Å²) in [6.45, 7) is 8.76. The molecule has 1 rings (SSSR count). The monoisotopic (exact) mass is 218 g/mol. The van der Waals surface area contributed by atoms with Crippen LogP contribution in [-0.2, 0) is 0 Å². The minimum absolute atomic E-state index is 0.0573. The fraction of sp³-hybridized carbons (Fsp3) is 1.00. The van der Waals surface area contributed by atoms with Crippen molar-refractivity contribution in [1.82, 2.24) is 10.4 Å². The third-order valence-electron chi connectivity index (χ3n) is 2.91. The van der Waals surface area contributed by atoms with Gasteiger partial charge in [-0.15, -0.1) is 0 Å². The normalized spacial score (nSPS) is 26.4. The second-order valence-electron chi connectivity index (χ2n) is 4.63. The van der Waals surface area contributed by atoms with Gasteiger partial charge in [-0.3, -0.25) is 11.5 Å². The summed E-state index contributed by atoms with van der Waals surface area (Å²) in [5, 5.41) is 0.992. The van der Waals surface area contributed by atoms with Gasteiger partial charge in [0.15, 0.2) is 5.12 Å². The maximum absolute atomic E-state index is 5.98. The van der Waals surface area contributed by atoms with Crippen LogP contribution in [0.5, 0.6) is 0 Å². The summed E-state index contributed by atoms with van der Waals surface area (Å²) in [6, 6.07) is 0. The number of hydrogen-bond donors (Lipinski definition) is 3. The minimum Gasteiger partial charge on any atom is -0.291 e. The fourth-order valence-corrected chi connectivity index (χ4v) is 3.25. The number of rotatable bonds is 2. The lowest BCUT2D eigenvalue weighted by Gasteiger charge is -2.36. The summed E-state index contributed by atoms with van der Waals surface area (Å²) < 4.78 is 0. The standard InChI is InChI=1S/C9H22N4S/c1-6(2)8(7(3)4)12-13(5)9(10,11)14-8/h6-7,12H,10-11H2,1-5H3. The van der Waals surface area contributed by atoms with Gasteiger partial charge >= 0.3 is 0 Å². The van der Waals surface area contributed by atoms with E-state index in [4.69, 9.17) is 11.5 Å². The smallest absolute Gasteiger partial charge is 0.185 e. The van der Waals surface area contributed by atoms with Crippen LogP contribution in [0.4, 0.5) is 0 Å². The molecule has 1 aliphatic rings. The summed E-state index contributed by atoms with van der Waals surface area (Å²) in [7, 11) is 1.89. The zero-order valence-corrected chi connectivity index (χ0v) is 10.5. The summed E-state index contributed by atoms with van der Waals surface area (Å²) >= 11 is 1.61. The number of hydrogen-bond acceptors (Lipinski definition) is 5. The van der Waals surface area contributed by atoms with E-state index in [1.807, 2.05) is 7.05 Å². The molecule has 0 aliphatic carbocycles. The first-order valence-corrected chi connectivity index (χ1v) is 5.83. The van der Waals surface area contributed by atoms with Crippen molar-refractivity contribution >= 4 is 11.8 Å². The molecule has 0 radical (unpaired) electrons. The lowest BCUT2D eigenvalue weighted by atomic mass is 9.93. The number of nitrogens with two attached hydrogens (primary N) is 2. The van der Waals surface area contributed by atoms with E-state index in [0.29, 0.717) is 11.8 Å². The van der Waals surface area contributed by atoms with Gasteiger partial charge in [0.05, 0.1) is 4.87 Å². The van der Waals surface area contributed by atoms with Crippen molar-refractivity contribution in [2.45, 2.75) is 37.7 Å². The van der Waals surface area contributed by atoms with Crippen LogP contribution < -0.4 is 16.9 Å². The van der Waals surface area contributed by atoms with E-state index in [2.05, 4.69) is 33.1 Å². The van der Waals surface area contributed by atoms with E-state index in [0.717, 1.165) is 0 Å². The van der Waals surface area contributed by atoms with Gasteiger partial charge in [0.2, 0.25) is 0 Å². The Kier molecular flexibility index (Phi) is 3.19. The summed E-state index contributed by atoms with van der Waals surface area (Å²) in [6.07, 6.45) is 0. The molecule has 1 heterocycles. The predicted molar refractivity (Wildman–Crippen MR) is 62.0 cm³/mol. The maximum Gasteiger partial charge on any atom is 0.185 e. The third kappa shape index (κ3) is 1.79. The second-order valence-corrected chi connectivity index (χ2v) is 6.16. The van der Waals surface area contributed by atoms with Crippen LogP contribution in [0.2, 0.25) is 0 Å². The summed E-state index contributed by atoms with van der Waals surface area (Å²) in [5.41, 5.74) is 15.4. The van der Waals surface area contributed by atoms with Crippen molar-refractivity contribution < 1.29 is 0 Å². The predicted octanol–water partition coefficient (Wildman–Crippen LogP) is 0.707. The largest absolute Gasteiger partial charge is 0.291 e. The molecule has 1 aliphatic heterocycles. The van der Waals surface area contributed by atoms with E-state index in [-0.39, 0.29) is 4.87 Å². The van der Waals surface area contributed by atoms with E-state index in [1.54, 1.807) is 16.8 Å². The molecule has 0 aromatic heterocycles. The zero-order valence-electron chi connectivity index (χ0n) is 9.66. The molecule has 5 N–H and O–H groups in total. The maximum atomic E-state index is 5.98. The topological polar surface area (TPSA) is 67.3 Å². The number of hydrazine groups is 1. The van der Waals surface area contributed by atoms with Crippen LogP contribution in [0, 0.1) is 11.8 Å². The molecule has 0 bridgehead atoms. The molecule has 0 aromatic carbocycles. The molecule has 0 amide bonds. The molecule has 1 fully saturated rings. The molecule has 0 aromatic rings. The molecule has 14 heavy (non-hydrogen) atoms. The van der Waals surface area contributed by atoms with E-state index in [9.17, 15) is 0 Å². The number of nitrogens with zero attached hydrogens (tertiary/aromatic N) is 1. The first kappa shape index (κ1) is 12.3. The van der Waals surface area contributed by atoms with Crippen molar-refractivity contribution in [3.05, 3.63) is 0 Å². The Morgan fingerprint density at radius 3 is 1.71 bits per heavy atom. The molecular formula is C9H22N4S. The van der Waals surface area contributed by atoms with Crippen molar-refractivity contribution in [1.29, 1.82) is 0 Å².